The molecule has 0 saturated carbocycles. The number of carbonyl (C=O) groups excluding carboxylic acids is 2. The van der Waals surface area contributed by atoms with Crippen LogP contribution < -0.4 is 10.6 Å². The predicted octanol–water partition coefficient (Wildman–Crippen LogP) is 2.05. The van der Waals surface area contributed by atoms with E-state index in [1.54, 1.807) is 0 Å². The van der Waals surface area contributed by atoms with Gasteiger partial charge in [-0.3, -0.25) is 9.59 Å². The van der Waals surface area contributed by atoms with Crippen molar-refractivity contribution in [3.05, 3.63) is 0 Å². The Kier molecular flexibility index (Phi) is 10.1. The second-order valence-electron chi connectivity index (χ2n) is 6.74. The minimum atomic E-state index is -0.0410. The Bertz CT molecular complexity index is 405. The monoisotopic (exact) mass is 377 g/mol. The highest BCUT2D eigenvalue weighted by atomic mass is 35.5. The first kappa shape index (κ1) is 21.6. The molecule has 2 fully saturated rings. The SMILES string of the molecule is CCCCNC(=O)C1CCC(C)N(C(=O)CC2CSCCN2)C1.Cl. The first-order valence-corrected chi connectivity index (χ1v) is 10.2. The molecule has 2 heterocycles. The summed E-state index contributed by atoms with van der Waals surface area (Å²) in [6.07, 6.45) is 4.47. The van der Waals surface area contributed by atoms with Crippen LogP contribution in [0.25, 0.3) is 0 Å². The largest absolute Gasteiger partial charge is 0.356 e. The minimum Gasteiger partial charge on any atom is -0.356 e. The van der Waals surface area contributed by atoms with Crippen LogP contribution in [0.1, 0.15) is 46.0 Å². The van der Waals surface area contributed by atoms with E-state index in [2.05, 4.69) is 24.5 Å². The number of hydrogen-bond acceptors (Lipinski definition) is 4. The highest BCUT2D eigenvalue weighted by Gasteiger charge is 2.33. The van der Waals surface area contributed by atoms with Gasteiger partial charge in [0.05, 0.1) is 5.92 Å². The molecule has 0 aromatic rings. The lowest BCUT2D eigenvalue weighted by Crippen LogP contribution is -2.51. The Labute approximate surface area is 156 Å². The number of carbonyl (C=O) groups is 2. The van der Waals surface area contributed by atoms with Crippen LogP contribution in [0.5, 0.6) is 0 Å². The summed E-state index contributed by atoms with van der Waals surface area (Å²) in [6.45, 7) is 6.54. The van der Waals surface area contributed by atoms with E-state index in [0.717, 1.165) is 50.3 Å². The molecule has 2 aliphatic heterocycles. The number of rotatable bonds is 6. The van der Waals surface area contributed by atoms with Crippen LogP contribution in [0, 0.1) is 5.92 Å². The van der Waals surface area contributed by atoms with Gasteiger partial charge in [-0.1, -0.05) is 13.3 Å². The number of nitrogens with one attached hydrogen (secondary N) is 2. The molecule has 2 N–H and O–H groups in total. The Morgan fingerprint density at radius 3 is 2.79 bits per heavy atom. The van der Waals surface area contributed by atoms with Crippen molar-refractivity contribution in [1.82, 2.24) is 15.5 Å². The van der Waals surface area contributed by atoms with E-state index >= 15 is 0 Å². The fraction of sp³-hybridized carbons (Fsp3) is 0.882. The Balaban J connectivity index is 0.00000288. The summed E-state index contributed by atoms with van der Waals surface area (Å²) in [5.41, 5.74) is 0. The van der Waals surface area contributed by atoms with Crippen LogP contribution in [0.3, 0.4) is 0 Å². The molecule has 2 aliphatic rings. The van der Waals surface area contributed by atoms with Crippen molar-refractivity contribution in [2.75, 3.05) is 31.1 Å². The topological polar surface area (TPSA) is 61.4 Å². The Morgan fingerprint density at radius 1 is 1.33 bits per heavy atom. The van der Waals surface area contributed by atoms with Crippen LogP contribution >= 0.6 is 24.2 Å². The van der Waals surface area contributed by atoms with E-state index < -0.39 is 0 Å². The number of thioether (sulfide) groups is 1. The molecular weight excluding hydrogens is 346 g/mol. The van der Waals surface area contributed by atoms with Crippen LogP contribution in [0.2, 0.25) is 0 Å². The second kappa shape index (κ2) is 11.2. The average molecular weight is 378 g/mol. The van der Waals surface area contributed by atoms with Crippen molar-refractivity contribution >= 4 is 36.0 Å². The quantitative estimate of drug-likeness (QED) is 0.695. The van der Waals surface area contributed by atoms with Crippen molar-refractivity contribution in [3.8, 4) is 0 Å². The molecule has 2 rings (SSSR count). The van der Waals surface area contributed by atoms with Crippen LogP contribution in [0.15, 0.2) is 0 Å². The zero-order valence-electron chi connectivity index (χ0n) is 14.9. The molecule has 0 aliphatic carbocycles. The van der Waals surface area contributed by atoms with Gasteiger partial charge in [-0.15, -0.1) is 12.4 Å². The second-order valence-corrected chi connectivity index (χ2v) is 7.89. The third kappa shape index (κ3) is 6.45. The number of likely N-dealkylation sites (tertiary alicyclic amines) is 1. The highest BCUT2D eigenvalue weighted by Crippen LogP contribution is 2.23. The number of unbranched alkanes of at least 4 members (excludes halogenated alkanes) is 1. The van der Waals surface area contributed by atoms with Gasteiger partial charge in [0.1, 0.15) is 0 Å². The number of hydrogen-bond donors (Lipinski definition) is 2. The summed E-state index contributed by atoms with van der Waals surface area (Å²) in [6, 6.07) is 0.533. The normalized spacial score (nSPS) is 27.2. The molecular formula is C17H32ClN3O2S. The van der Waals surface area contributed by atoms with Gasteiger partial charge in [0.2, 0.25) is 11.8 Å². The van der Waals surface area contributed by atoms with E-state index in [4.69, 9.17) is 0 Å². The van der Waals surface area contributed by atoms with Crippen molar-refractivity contribution in [3.63, 3.8) is 0 Å². The van der Waals surface area contributed by atoms with Gasteiger partial charge in [0, 0.05) is 49.6 Å². The third-order valence-corrected chi connectivity index (χ3v) is 5.95. The molecule has 140 valence electrons. The molecule has 0 spiro atoms. The van der Waals surface area contributed by atoms with E-state index in [1.165, 1.54) is 0 Å². The smallest absolute Gasteiger partial charge is 0.224 e. The summed E-state index contributed by atoms with van der Waals surface area (Å²) in [5.74, 6) is 2.42. The Hall–Kier alpha value is -0.460. The van der Waals surface area contributed by atoms with Crippen LogP contribution in [0.4, 0.5) is 0 Å². The van der Waals surface area contributed by atoms with Gasteiger partial charge in [-0.2, -0.15) is 11.8 Å². The maximum absolute atomic E-state index is 12.7. The van der Waals surface area contributed by atoms with Crippen molar-refractivity contribution in [2.45, 2.75) is 58.0 Å². The van der Waals surface area contributed by atoms with Crippen molar-refractivity contribution in [2.24, 2.45) is 5.92 Å². The van der Waals surface area contributed by atoms with Gasteiger partial charge in [-0.25, -0.2) is 0 Å². The standard InChI is InChI=1S/C17H31N3O2S.ClH/c1-3-4-7-19-17(22)14-6-5-13(2)20(11-14)16(21)10-15-12-23-9-8-18-15;/h13-15,18H,3-12H2,1-2H3,(H,19,22);1H. The lowest BCUT2D eigenvalue weighted by atomic mass is 9.92. The number of piperidine rings is 1. The molecule has 7 heteroatoms. The highest BCUT2D eigenvalue weighted by molar-refractivity contribution is 7.99. The molecule has 0 bridgehead atoms. The van der Waals surface area contributed by atoms with E-state index in [9.17, 15) is 9.59 Å². The van der Waals surface area contributed by atoms with E-state index in [1.807, 2.05) is 16.7 Å². The summed E-state index contributed by atoms with van der Waals surface area (Å²) < 4.78 is 0. The van der Waals surface area contributed by atoms with Gasteiger partial charge in [0.15, 0.2) is 0 Å². The third-order valence-electron chi connectivity index (χ3n) is 4.82. The molecule has 5 nitrogen and oxygen atoms in total. The lowest BCUT2D eigenvalue weighted by Gasteiger charge is -2.38. The molecule has 24 heavy (non-hydrogen) atoms. The number of nitrogens with zero attached hydrogens (tertiary/aromatic N) is 1. The summed E-state index contributed by atoms with van der Waals surface area (Å²) in [7, 11) is 0. The molecule has 0 radical (unpaired) electrons. The number of amides is 2. The van der Waals surface area contributed by atoms with Crippen molar-refractivity contribution in [1.29, 1.82) is 0 Å². The summed E-state index contributed by atoms with van der Waals surface area (Å²) in [4.78, 5) is 26.9. The molecule has 3 unspecified atom stereocenters. The van der Waals surface area contributed by atoms with Crippen LogP contribution in [-0.2, 0) is 9.59 Å². The number of halogens is 1. The molecule has 0 aromatic heterocycles. The van der Waals surface area contributed by atoms with Gasteiger partial charge >= 0.3 is 0 Å². The van der Waals surface area contributed by atoms with Crippen molar-refractivity contribution < 1.29 is 9.59 Å². The molecule has 2 saturated heterocycles. The van der Waals surface area contributed by atoms with Gasteiger partial charge < -0.3 is 15.5 Å². The summed E-state index contributed by atoms with van der Waals surface area (Å²) in [5, 5.41) is 6.44. The Morgan fingerprint density at radius 2 is 2.12 bits per heavy atom. The fourth-order valence-electron chi connectivity index (χ4n) is 3.28. The fourth-order valence-corrected chi connectivity index (χ4v) is 4.23. The molecule has 3 atom stereocenters. The molecule has 0 aromatic carbocycles. The first-order chi connectivity index (χ1) is 11.1. The first-order valence-electron chi connectivity index (χ1n) is 9.00. The zero-order chi connectivity index (χ0) is 16.7. The van der Waals surface area contributed by atoms with E-state index in [-0.39, 0.29) is 42.2 Å². The average Bonchev–Trinajstić information content (AvgIpc) is 2.56. The summed E-state index contributed by atoms with van der Waals surface area (Å²) >= 11 is 1.91. The maximum Gasteiger partial charge on any atom is 0.224 e. The lowest BCUT2D eigenvalue weighted by molar-refractivity contribution is -0.138. The zero-order valence-corrected chi connectivity index (χ0v) is 16.5. The van der Waals surface area contributed by atoms with Gasteiger partial charge in [0.25, 0.3) is 0 Å². The van der Waals surface area contributed by atoms with E-state index in [0.29, 0.717) is 13.0 Å². The van der Waals surface area contributed by atoms with Gasteiger partial charge in [-0.05, 0) is 26.2 Å². The predicted molar refractivity (Wildman–Crippen MR) is 103 cm³/mol. The minimum absolute atomic E-state index is 0. The molecule has 2 amide bonds. The maximum atomic E-state index is 12.7. The van der Waals surface area contributed by atoms with Crippen LogP contribution in [-0.4, -0.2) is 59.9 Å².